The Labute approximate surface area is 125 Å². The molecule has 4 rings (SSSR count). The summed E-state index contributed by atoms with van der Waals surface area (Å²) in [5, 5.41) is 17.6. The first-order chi connectivity index (χ1) is 10.7. The smallest absolute Gasteiger partial charge is 0.160 e. The molecule has 0 spiro atoms. The summed E-state index contributed by atoms with van der Waals surface area (Å²) in [6.07, 6.45) is 3.63. The highest BCUT2D eigenvalue weighted by Crippen LogP contribution is 2.42. The Kier molecular flexibility index (Phi) is 2.94. The van der Waals surface area contributed by atoms with Crippen LogP contribution >= 0.6 is 0 Å². The fourth-order valence-corrected chi connectivity index (χ4v) is 2.80. The number of fused-ring (bicyclic) bond motifs is 1. The summed E-state index contributed by atoms with van der Waals surface area (Å²) in [5.74, 6) is -1.70. The van der Waals surface area contributed by atoms with Gasteiger partial charge in [-0.2, -0.15) is 10.2 Å². The van der Waals surface area contributed by atoms with Gasteiger partial charge in [0.15, 0.2) is 11.6 Å². The average molecular weight is 301 g/mol. The molecule has 0 bridgehead atoms. The van der Waals surface area contributed by atoms with Crippen LogP contribution in [-0.4, -0.2) is 19.9 Å². The van der Waals surface area contributed by atoms with E-state index in [1.165, 1.54) is 12.1 Å². The van der Waals surface area contributed by atoms with Crippen LogP contribution in [0.2, 0.25) is 0 Å². The molecule has 2 aromatic heterocycles. The van der Waals surface area contributed by atoms with Crippen LogP contribution in [0.25, 0.3) is 22.2 Å². The predicted octanol–water partition coefficient (Wildman–Crippen LogP) is 3.20. The van der Waals surface area contributed by atoms with Crippen molar-refractivity contribution >= 4 is 10.9 Å². The van der Waals surface area contributed by atoms with Crippen LogP contribution in [0, 0.1) is 11.6 Å². The monoisotopic (exact) mass is 301 g/mol. The maximum absolute atomic E-state index is 13.6. The van der Waals surface area contributed by atoms with Gasteiger partial charge in [-0.15, -0.1) is 0 Å². The highest BCUT2D eigenvalue weighted by molar-refractivity contribution is 5.87. The summed E-state index contributed by atoms with van der Waals surface area (Å²) in [6, 6.07) is 6.33. The first-order valence-electron chi connectivity index (χ1n) is 7.10. The molecule has 112 valence electrons. The topological polar surface area (TPSA) is 50.9 Å². The minimum absolute atomic E-state index is 0.201. The van der Waals surface area contributed by atoms with Crippen LogP contribution in [0.4, 0.5) is 8.78 Å². The van der Waals surface area contributed by atoms with Gasteiger partial charge >= 0.3 is 0 Å². The predicted molar refractivity (Wildman–Crippen MR) is 77.1 cm³/mol. The Morgan fingerprint density at radius 2 is 1.91 bits per heavy atom. The Morgan fingerprint density at radius 3 is 2.64 bits per heavy atom. The molecule has 1 aromatic carbocycles. The fraction of sp³-hybridized carbons (Fsp3) is 0.250. The van der Waals surface area contributed by atoms with Gasteiger partial charge in [0.1, 0.15) is 0 Å². The summed E-state index contributed by atoms with van der Waals surface area (Å²) in [5.41, 5.74) is 2.76. The van der Waals surface area contributed by atoms with Crippen molar-refractivity contribution in [1.82, 2.24) is 14.8 Å². The highest BCUT2D eigenvalue weighted by Gasteiger charge is 2.28. The second-order valence-corrected chi connectivity index (χ2v) is 5.55. The molecule has 0 atom stereocenters. The Bertz CT molecular complexity index is 871. The van der Waals surface area contributed by atoms with E-state index in [-0.39, 0.29) is 6.61 Å². The van der Waals surface area contributed by atoms with E-state index in [0.29, 0.717) is 22.6 Å². The van der Waals surface area contributed by atoms with Gasteiger partial charge in [0.05, 0.1) is 29.7 Å². The lowest BCUT2D eigenvalue weighted by molar-refractivity contribution is 0.275. The van der Waals surface area contributed by atoms with Gasteiger partial charge in [0.25, 0.3) is 0 Å². The molecule has 0 amide bonds. The van der Waals surface area contributed by atoms with Crippen LogP contribution in [0.15, 0.2) is 30.5 Å². The summed E-state index contributed by atoms with van der Waals surface area (Å²) in [4.78, 5) is 0. The molecule has 1 saturated carbocycles. The minimum atomic E-state index is -0.851. The summed E-state index contributed by atoms with van der Waals surface area (Å²) in [7, 11) is 0. The molecule has 1 aliphatic carbocycles. The zero-order chi connectivity index (χ0) is 15.3. The molecule has 0 unspecified atom stereocenters. The van der Waals surface area contributed by atoms with Crippen LogP contribution in [0.1, 0.15) is 24.6 Å². The fourth-order valence-electron chi connectivity index (χ4n) is 2.80. The number of rotatable bonds is 3. The normalized spacial score (nSPS) is 14.7. The molecular formula is C16H13F2N3O. The lowest BCUT2D eigenvalue weighted by Gasteiger charge is -2.10. The van der Waals surface area contributed by atoms with E-state index in [4.69, 9.17) is 0 Å². The first-order valence-corrected chi connectivity index (χ1v) is 7.10. The van der Waals surface area contributed by atoms with Crippen molar-refractivity contribution in [2.24, 2.45) is 0 Å². The van der Waals surface area contributed by atoms with E-state index in [9.17, 15) is 13.9 Å². The minimum Gasteiger partial charge on any atom is -0.390 e. The van der Waals surface area contributed by atoms with Gasteiger partial charge in [-0.05, 0) is 31.0 Å². The summed E-state index contributed by atoms with van der Waals surface area (Å²) >= 11 is 0. The largest absolute Gasteiger partial charge is 0.390 e. The van der Waals surface area contributed by atoms with Crippen LogP contribution in [0.5, 0.6) is 0 Å². The third kappa shape index (κ3) is 2.07. The molecular weight excluding hydrogens is 288 g/mol. The Morgan fingerprint density at radius 1 is 1.14 bits per heavy atom. The SMILES string of the molecule is OCc1cc(-c2cc3cc(F)c(F)cc3n2C2CC2)cnn1. The van der Waals surface area contributed by atoms with Gasteiger partial charge in [-0.3, -0.25) is 0 Å². The molecule has 1 N–H and O–H groups in total. The van der Waals surface area contributed by atoms with Crippen molar-refractivity contribution in [3.63, 3.8) is 0 Å². The van der Waals surface area contributed by atoms with E-state index < -0.39 is 11.6 Å². The van der Waals surface area contributed by atoms with Gasteiger partial charge in [-0.1, -0.05) is 0 Å². The van der Waals surface area contributed by atoms with Gasteiger partial charge in [-0.25, -0.2) is 8.78 Å². The molecule has 1 fully saturated rings. The number of aliphatic hydroxyl groups excluding tert-OH is 1. The van der Waals surface area contributed by atoms with Crippen molar-refractivity contribution in [2.45, 2.75) is 25.5 Å². The van der Waals surface area contributed by atoms with E-state index in [1.807, 2.05) is 10.6 Å². The number of nitrogens with zero attached hydrogens (tertiary/aromatic N) is 3. The van der Waals surface area contributed by atoms with Gasteiger partial charge in [0.2, 0.25) is 0 Å². The number of aromatic nitrogens is 3. The molecule has 4 nitrogen and oxygen atoms in total. The maximum atomic E-state index is 13.6. The molecule has 0 saturated heterocycles. The highest BCUT2D eigenvalue weighted by atomic mass is 19.2. The molecule has 0 radical (unpaired) electrons. The van der Waals surface area contributed by atoms with Crippen molar-refractivity contribution in [3.8, 4) is 11.3 Å². The second-order valence-electron chi connectivity index (χ2n) is 5.55. The summed E-state index contributed by atoms with van der Waals surface area (Å²) in [6.45, 7) is -0.201. The Balaban J connectivity index is 1.98. The van der Waals surface area contributed by atoms with Crippen LogP contribution < -0.4 is 0 Å². The van der Waals surface area contributed by atoms with E-state index in [1.54, 1.807) is 12.3 Å². The molecule has 22 heavy (non-hydrogen) atoms. The van der Waals surface area contributed by atoms with Crippen LogP contribution in [0.3, 0.4) is 0 Å². The van der Waals surface area contributed by atoms with Crippen molar-refractivity contribution in [1.29, 1.82) is 0 Å². The summed E-state index contributed by atoms with van der Waals surface area (Å²) < 4.78 is 29.1. The number of benzene rings is 1. The van der Waals surface area contributed by atoms with Crippen LogP contribution in [-0.2, 0) is 6.61 Å². The number of aliphatic hydroxyl groups is 1. The van der Waals surface area contributed by atoms with E-state index >= 15 is 0 Å². The Hall–Kier alpha value is -2.34. The van der Waals surface area contributed by atoms with Gasteiger partial charge in [0, 0.05) is 23.1 Å². The number of hydrogen-bond donors (Lipinski definition) is 1. The molecule has 2 heterocycles. The lowest BCUT2D eigenvalue weighted by atomic mass is 10.2. The number of halogens is 2. The molecule has 0 aliphatic heterocycles. The van der Waals surface area contributed by atoms with Crippen molar-refractivity contribution < 1.29 is 13.9 Å². The third-order valence-corrected chi connectivity index (χ3v) is 3.96. The molecule has 6 heteroatoms. The second kappa shape index (κ2) is 4.84. The van der Waals surface area contributed by atoms with Gasteiger partial charge < -0.3 is 9.67 Å². The zero-order valence-electron chi connectivity index (χ0n) is 11.6. The van der Waals surface area contributed by atoms with Crippen molar-refractivity contribution in [3.05, 3.63) is 47.8 Å². The maximum Gasteiger partial charge on any atom is 0.160 e. The molecule has 3 aromatic rings. The number of hydrogen-bond acceptors (Lipinski definition) is 3. The van der Waals surface area contributed by atoms with E-state index in [0.717, 1.165) is 24.1 Å². The first kappa shape index (κ1) is 13.3. The average Bonchev–Trinajstić information content (AvgIpc) is 3.30. The van der Waals surface area contributed by atoms with Crippen molar-refractivity contribution in [2.75, 3.05) is 0 Å². The van der Waals surface area contributed by atoms with E-state index in [2.05, 4.69) is 10.2 Å². The molecule has 1 aliphatic rings. The quantitative estimate of drug-likeness (QED) is 0.808. The lowest BCUT2D eigenvalue weighted by Crippen LogP contribution is -1.99. The third-order valence-electron chi connectivity index (χ3n) is 3.96. The zero-order valence-corrected chi connectivity index (χ0v) is 11.6. The standard InChI is InChI=1S/C16H13F2N3O/c17-13-4-9-5-15(10-3-11(8-22)20-19-7-10)21(12-1-2-12)16(9)6-14(13)18/h3-7,12,22H,1-2,8H2.